The van der Waals surface area contributed by atoms with Crippen LogP contribution in [0.15, 0.2) is 23.1 Å². The highest BCUT2D eigenvalue weighted by molar-refractivity contribution is 7.89. The van der Waals surface area contributed by atoms with E-state index in [-0.39, 0.29) is 18.0 Å². The molecule has 136 valence electrons. The van der Waals surface area contributed by atoms with Gasteiger partial charge in [-0.2, -0.15) is 9.57 Å². The molecule has 0 aromatic heterocycles. The second-order valence-corrected chi connectivity index (χ2v) is 7.69. The number of piperazine rings is 1. The van der Waals surface area contributed by atoms with Gasteiger partial charge in [-0.3, -0.25) is 15.0 Å². The fourth-order valence-electron chi connectivity index (χ4n) is 2.72. The summed E-state index contributed by atoms with van der Waals surface area (Å²) < 4.78 is 26.8. The Morgan fingerprint density at radius 2 is 2.00 bits per heavy atom. The van der Waals surface area contributed by atoms with E-state index in [0.717, 1.165) is 6.07 Å². The smallest absolute Gasteiger partial charge is 0.288 e. The van der Waals surface area contributed by atoms with Crippen LogP contribution in [-0.2, 0) is 10.0 Å². The van der Waals surface area contributed by atoms with E-state index < -0.39 is 32.3 Å². The number of rotatable bonds is 6. The minimum absolute atomic E-state index is 0.201. The molecule has 1 aromatic rings. The molecule has 1 aliphatic rings. The molecule has 1 N–H and O–H groups in total. The predicted molar refractivity (Wildman–Crippen MR) is 89.3 cm³/mol. The van der Waals surface area contributed by atoms with Gasteiger partial charge in [-0.05, 0) is 12.5 Å². The molecule has 1 heterocycles. The Morgan fingerprint density at radius 3 is 2.52 bits per heavy atom. The molecule has 25 heavy (non-hydrogen) atoms. The normalized spacial score (nSPS) is 17.8. The lowest BCUT2D eigenvalue weighted by Gasteiger charge is -2.34. The number of nitro groups is 1. The predicted octanol–water partition coefficient (Wildman–Crippen LogP) is 0.544. The van der Waals surface area contributed by atoms with Gasteiger partial charge in [0.15, 0.2) is 0 Å². The van der Waals surface area contributed by atoms with Gasteiger partial charge in [0.05, 0.1) is 11.0 Å². The van der Waals surface area contributed by atoms with Gasteiger partial charge in [-0.25, -0.2) is 8.42 Å². The molecule has 1 saturated heterocycles. The number of β-amino-alcohol motifs (C(OH)–C–C–N with tert-alkyl or cyclic N) is 1. The summed E-state index contributed by atoms with van der Waals surface area (Å²) in [5.74, 6) is 0. The monoisotopic (exact) mass is 368 g/mol. The van der Waals surface area contributed by atoms with Gasteiger partial charge in [0.25, 0.3) is 5.69 Å². The molecular weight excluding hydrogens is 348 g/mol. The molecule has 10 heteroatoms. The van der Waals surface area contributed by atoms with E-state index in [1.54, 1.807) is 6.07 Å². The van der Waals surface area contributed by atoms with Gasteiger partial charge in [0, 0.05) is 38.8 Å². The lowest BCUT2D eigenvalue weighted by atomic mass is 10.2. The van der Waals surface area contributed by atoms with E-state index in [0.29, 0.717) is 26.1 Å². The summed E-state index contributed by atoms with van der Waals surface area (Å²) in [5, 5.41) is 29.9. The van der Waals surface area contributed by atoms with E-state index in [1.165, 1.54) is 16.4 Å². The number of hydrogen-bond acceptors (Lipinski definition) is 7. The Kier molecular flexibility index (Phi) is 6.07. The number of hydrogen-bond donors (Lipinski definition) is 1. The van der Waals surface area contributed by atoms with Crippen molar-refractivity contribution in [2.24, 2.45) is 0 Å². The third-order valence-corrected chi connectivity index (χ3v) is 6.14. The summed E-state index contributed by atoms with van der Waals surface area (Å²) >= 11 is 0. The first-order valence-corrected chi connectivity index (χ1v) is 9.33. The highest BCUT2D eigenvalue weighted by atomic mass is 32.2. The van der Waals surface area contributed by atoms with Crippen LogP contribution in [0.3, 0.4) is 0 Å². The minimum atomic E-state index is -4.00. The third-order valence-electron chi connectivity index (χ3n) is 4.20. The number of aliphatic hydroxyl groups is 1. The fourth-order valence-corrected chi connectivity index (χ4v) is 4.30. The number of benzene rings is 1. The zero-order chi connectivity index (χ0) is 18.6. The molecule has 0 amide bonds. The molecule has 0 radical (unpaired) electrons. The van der Waals surface area contributed by atoms with Crippen LogP contribution >= 0.6 is 0 Å². The van der Waals surface area contributed by atoms with Gasteiger partial charge >= 0.3 is 0 Å². The van der Waals surface area contributed by atoms with Crippen molar-refractivity contribution >= 4 is 15.7 Å². The van der Waals surface area contributed by atoms with Gasteiger partial charge in [0.1, 0.15) is 16.5 Å². The average Bonchev–Trinajstić information content (AvgIpc) is 2.61. The van der Waals surface area contributed by atoms with Crippen molar-refractivity contribution in [3.8, 4) is 6.07 Å². The quantitative estimate of drug-likeness (QED) is 0.573. The first kappa shape index (κ1) is 19.3. The summed E-state index contributed by atoms with van der Waals surface area (Å²) in [6.45, 7) is 3.65. The molecule has 0 unspecified atom stereocenters. The van der Waals surface area contributed by atoms with Crippen molar-refractivity contribution in [1.82, 2.24) is 9.21 Å². The van der Waals surface area contributed by atoms with Crippen LogP contribution in [0.5, 0.6) is 0 Å². The Balaban J connectivity index is 2.23. The molecule has 0 spiro atoms. The van der Waals surface area contributed by atoms with Crippen LogP contribution in [0.4, 0.5) is 5.69 Å². The topological polar surface area (TPSA) is 128 Å². The van der Waals surface area contributed by atoms with Crippen molar-refractivity contribution < 1.29 is 18.4 Å². The molecule has 0 saturated carbocycles. The summed E-state index contributed by atoms with van der Waals surface area (Å²) in [4.78, 5) is 11.9. The van der Waals surface area contributed by atoms with Crippen LogP contribution in [0.25, 0.3) is 0 Å². The largest absolute Gasteiger partial charge is 0.392 e. The molecule has 1 aromatic carbocycles. The molecule has 9 nitrogen and oxygen atoms in total. The summed E-state index contributed by atoms with van der Waals surface area (Å²) in [6, 6.07) is 5.23. The van der Waals surface area contributed by atoms with Crippen LogP contribution in [0, 0.1) is 21.4 Å². The fraction of sp³-hybridized carbons (Fsp3) is 0.533. The lowest BCUT2D eigenvalue weighted by Crippen LogP contribution is -2.50. The molecule has 0 aliphatic carbocycles. The van der Waals surface area contributed by atoms with Crippen LogP contribution in [0.2, 0.25) is 0 Å². The zero-order valence-corrected chi connectivity index (χ0v) is 14.6. The Hall–Kier alpha value is -2.06. The number of nitrogens with zero attached hydrogens (tertiary/aromatic N) is 4. The lowest BCUT2D eigenvalue weighted by molar-refractivity contribution is -0.385. The summed E-state index contributed by atoms with van der Waals surface area (Å²) in [6.07, 6.45) is 0.169. The number of aliphatic hydroxyl groups excluding tert-OH is 1. The van der Waals surface area contributed by atoms with E-state index in [2.05, 4.69) is 0 Å². The Bertz CT molecular complexity index is 782. The number of sulfonamides is 1. The standard InChI is InChI=1S/C15H20N4O5S/c1-2-12(20)11-17-6-8-18(9-7-17)25(23,24)15-5-3-4-14(19(21)22)13(15)10-16/h3-5,12,20H,2,6-9,11H2,1H3/t12-/m0/s1. The van der Waals surface area contributed by atoms with E-state index in [4.69, 9.17) is 0 Å². The van der Waals surface area contributed by atoms with Crippen molar-refractivity contribution in [3.63, 3.8) is 0 Å². The van der Waals surface area contributed by atoms with Crippen molar-refractivity contribution in [2.75, 3.05) is 32.7 Å². The van der Waals surface area contributed by atoms with E-state index in [9.17, 15) is 28.9 Å². The highest BCUT2D eigenvalue weighted by Gasteiger charge is 2.33. The molecule has 1 aliphatic heterocycles. The highest BCUT2D eigenvalue weighted by Crippen LogP contribution is 2.27. The third kappa shape index (κ3) is 4.13. The summed E-state index contributed by atoms with van der Waals surface area (Å²) in [7, 11) is -4.00. The molecule has 1 atom stereocenters. The van der Waals surface area contributed by atoms with Crippen LogP contribution in [-0.4, -0.2) is 66.5 Å². The maximum atomic E-state index is 12.8. The van der Waals surface area contributed by atoms with Crippen LogP contribution in [0.1, 0.15) is 18.9 Å². The van der Waals surface area contributed by atoms with Crippen LogP contribution < -0.4 is 0 Å². The maximum Gasteiger partial charge on any atom is 0.288 e. The Labute approximate surface area is 146 Å². The van der Waals surface area contributed by atoms with E-state index >= 15 is 0 Å². The molecule has 0 bridgehead atoms. The van der Waals surface area contributed by atoms with Gasteiger partial charge < -0.3 is 5.11 Å². The second kappa shape index (κ2) is 7.88. The van der Waals surface area contributed by atoms with E-state index in [1.807, 2.05) is 11.8 Å². The minimum Gasteiger partial charge on any atom is -0.392 e. The molecule has 2 rings (SSSR count). The molecular formula is C15H20N4O5S. The average molecular weight is 368 g/mol. The first-order chi connectivity index (χ1) is 11.8. The number of nitro benzene ring substituents is 1. The number of nitriles is 1. The maximum absolute atomic E-state index is 12.8. The SMILES string of the molecule is CC[C@H](O)CN1CCN(S(=O)(=O)c2cccc([N+](=O)[O-])c2C#N)CC1. The molecule has 1 fully saturated rings. The van der Waals surface area contributed by atoms with Crippen molar-refractivity contribution in [1.29, 1.82) is 5.26 Å². The van der Waals surface area contributed by atoms with Gasteiger partial charge in [0.2, 0.25) is 10.0 Å². The zero-order valence-electron chi connectivity index (χ0n) is 13.8. The van der Waals surface area contributed by atoms with Gasteiger partial charge in [-0.1, -0.05) is 13.0 Å². The second-order valence-electron chi connectivity index (χ2n) is 5.79. The van der Waals surface area contributed by atoms with Crippen molar-refractivity contribution in [2.45, 2.75) is 24.3 Å². The first-order valence-electron chi connectivity index (χ1n) is 7.89. The van der Waals surface area contributed by atoms with Gasteiger partial charge in [-0.15, -0.1) is 0 Å². The van der Waals surface area contributed by atoms with Crippen molar-refractivity contribution in [3.05, 3.63) is 33.9 Å². The Morgan fingerprint density at radius 1 is 1.36 bits per heavy atom. The summed E-state index contributed by atoms with van der Waals surface area (Å²) in [5.41, 5.74) is -0.968.